The Bertz CT molecular complexity index is 828. The zero-order chi connectivity index (χ0) is 16.0. The van der Waals surface area contributed by atoms with Crippen LogP contribution in [0.3, 0.4) is 0 Å². The number of hydrogen-bond acceptors (Lipinski definition) is 6. The number of thiazole rings is 1. The topological polar surface area (TPSA) is 53.7 Å². The zero-order valence-corrected chi connectivity index (χ0v) is 15.0. The minimum Gasteiger partial charge on any atom is -0.492 e. The second-order valence-corrected chi connectivity index (χ2v) is 8.07. The summed E-state index contributed by atoms with van der Waals surface area (Å²) >= 11 is 3.33. The van der Waals surface area contributed by atoms with Crippen molar-refractivity contribution in [2.45, 2.75) is 39.2 Å². The molecule has 1 saturated heterocycles. The van der Waals surface area contributed by atoms with E-state index in [9.17, 15) is 5.11 Å². The summed E-state index contributed by atoms with van der Waals surface area (Å²) in [6, 6.07) is 2.28. The van der Waals surface area contributed by atoms with E-state index in [0.29, 0.717) is 5.82 Å². The molecule has 3 aromatic heterocycles. The summed E-state index contributed by atoms with van der Waals surface area (Å²) in [5.74, 6) is 0.939. The van der Waals surface area contributed by atoms with Gasteiger partial charge in [-0.15, -0.1) is 16.4 Å². The van der Waals surface area contributed by atoms with Crippen molar-refractivity contribution in [2.75, 3.05) is 13.1 Å². The lowest BCUT2D eigenvalue weighted by molar-refractivity contribution is 0.188. The third-order valence-corrected chi connectivity index (χ3v) is 6.60. The van der Waals surface area contributed by atoms with E-state index in [0.717, 1.165) is 22.9 Å². The molecule has 0 saturated carbocycles. The lowest BCUT2D eigenvalue weighted by Crippen LogP contribution is -2.34. The van der Waals surface area contributed by atoms with Gasteiger partial charge in [0.25, 0.3) is 0 Å². The van der Waals surface area contributed by atoms with Gasteiger partial charge in [0.15, 0.2) is 0 Å². The largest absolute Gasteiger partial charge is 0.492 e. The van der Waals surface area contributed by atoms with Crippen LogP contribution in [0.15, 0.2) is 11.4 Å². The molecule has 1 fully saturated rings. The molecule has 1 atom stereocenters. The van der Waals surface area contributed by atoms with E-state index in [1.54, 1.807) is 27.2 Å². The predicted octanol–water partition coefficient (Wildman–Crippen LogP) is 3.75. The van der Waals surface area contributed by atoms with Crippen molar-refractivity contribution in [2.24, 2.45) is 0 Å². The highest BCUT2D eigenvalue weighted by molar-refractivity contribution is 7.17. The quantitative estimate of drug-likeness (QED) is 0.783. The highest BCUT2D eigenvalue weighted by Crippen LogP contribution is 2.43. The molecular formula is C16H20N4OS2. The van der Waals surface area contributed by atoms with Crippen molar-refractivity contribution in [1.29, 1.82) is 0 Å². The van der Waals surface area contributed by atoms with Crippen LogP contribution in [0.1, 0.15) is 46.4 Å². The zero-order valence-electron chi connectivity index (χ0n) is 13.3. The van der Waals surface area contributed by atoms with Crippen LogP contribution in [0.5, 0.6) is 5.88 Å². The molecule has 122 valence electrons. The van der Waals surface area contributed by atoms with Crippen LogP contribution in [-0.4, -0.2) is 37.7 Å². The number of thiophene rings is 1. The van der Waals surface area contributed by atoms with Gasteiger partial charge in [-0.25, -0.2) is 4.98 Å². The lowest BCUT2D eigenvalue weighted by Gasteiger charge is -2.33. The molecule has 0 amide bonds. The Morgan fingerprint density at radius 3 is 2.61 bits per heavy atom. The molecule has 3 aromatic rings. The molecule has 0 aliphatic carbocycles. The lowest BCUT2D eigenvalue weighted by atomic mass is 10.0. The van der Waals surface area contributed by atoms with Crippen LogP contribution in [-0.2, 0) is 0 Å². The van der Waals surface area contributed by atoms with E-state index < -0.39 is 0 Å². The van der Waals surface area contributed by atoms with Gasteiger partial charge in [-0.2, -0.15) is 4.52 Å². The first-order chi connectivity index (χ1) is 11.1. The molecule has 0 spiro atoms. The predicted molar refractivity (Wildman–Crippen MR) is 93.6 cm³/mol. The summed E-state index contributed by atoms with van der Waals surface area (Å²) in [5.41, 5.74) is 1.29. The molecule has 4 heterocycles. The van der Waals surface area contributed by atoms with E-state index in [2.05, 4.69) is 33.4 Å². The molecule has 7 heteroatoms. The van der Waals surface area contributed by atoms with Gasteiger partial charge in [-0.1, -0.05) is 17.8 Å². The molecular weight excluding hydrogens is 328 g/mol. The molecule has 1 aliphatic heterocycles. The molecule has 23 heavy (non-hydrogen) atoms. The summed E-state index contributed by atoms with van der Waals surface area (Å²) in [6.07, 6.45) is 3.75. The molecule has 5 nitrogen and oxygen atoms in total. The van der Waals surface area contributed by atoms with E-state index in [1.165, 1.54) is 29.7 Å². The van der Waals surface area contributed by atoms with E-state index >= 15 is 0 Å². The van der Waals surface area contributed by atoms with Crippen molar-refractivity contribution in [3.8, 4) is 5.88 Å². The van der Waals surface area contributed by atoms with Gasteiger partial charge in [0, 0.05) is 4.88 Å². The molecule has 0 radical (unpaired) electrons. The van der Waals surface area contributed by atoms with Gasteiger partial charge in [0.2, 0.25) is 10.8 Å². The average molecular weight is 348 g/mol. The smallest absolute Gasteiger partial charge is 0.230 e. The standard InChI is InChI=1S/C16H20N4OS2/c1-10-6-9-22-13(10)12(19-7-4-3-5-8-19)14-15(21)20-16(23-14)17-11(2)18-20/h6,9,12,21H,3-5,7-8H2,1-2H3/t12-/m1/s1. The number of nitrogens with zero attached hydrogens (tertiary/aromatic N) is 4. The van der Waals surface area contributed by atoms with Crippen LogP contribution in [0.25, 0.3) is 4.96 Å². The van der Waals surface area contributed by atoms with Crippen molar-refractivity contribution in [3.05, 3.63) is 32.6 Å². The summed E-state index contributed by atoms with van der Waals surface area (Å²) < 4.78 is 1.58. The number of aromatic nitrogens is 3. The highest BCUT2D eigenvalue weighted by atomic mass is 32.1. The minimum atomic E-state index is 0.115. The van der Waals surface area contributed by atoms with E-state index in [1.807, 2.05) is 6.92 Å². The number of rotatable bonds is 3. The van der Waals surface area contributed by atoms with Gasteiger partial charge in [-0.3, -0.25) is 4.90 Å². The Morgan fingerprint density at radius 2 is 1.96 bits per heavy atom. The number of fused-ring (bicyclic) bond motifs is 1. The fourth-order valence-corrected chi connectivity index (χ4v) is 5.61. The highest BCUT2D eigenvalue weighted by Gasteiger charge is 2.31. The Kier molecular flexibility index (Phi) is 3.87. The van der Waals surface area contributed by atoms with Gasteiger partial charge < -0.3 is 5.11 Å². The third kappa shape index (κ3) is 2.56. The number of hydrogen-bond donors (Lipinski definition) is 1. The maximum atomic E-state index is 10.7. The number of likely N-dealkylation sites (tertiary alicyclic amines) is 1. The Balaban J connectivity index is 1.84. The third-order valence-electron chi connectivity index (χ3n) is 4.46. The minimum absolute atomic E-state index is 0.115. The van der Waals surface area contributed by atoms with Crippen LogP contribution >= 0.6 is 22.7 Å². The van der Waals surface area contributed by atoms with Crippen molar-refractivity contribution < 1.29 is 5.11 Å². The second-order valence-electron chi connectivity index (χ2n) is 6.11. The summed E-state index contributed by atoms with van der Waals surface area (Å²) in [4.78, 5) is 9.98. The van der Waals surface area contributed by atoms with Crippen LogP contribution in [0.2, 0.25) is 0 Å². The molecule has 1 N–H and O–H groups in total. The molecule has 0 unspecified atom stereocenters. The van der Waals surface area contributed by atoms with Gasteiger partial charge in [0.1, 0.15) is 5.82 Å². The van der Waals surface area contributed by atoms with Crippen molar-refractivity contribution in [1.82, 2.24) is 19.5 Å². The molecule has 0 aromatic carbocycles. The first kappa shape index (κ1) is 15.1. The molecule has 4 rings (SSSR count). The molecule has 1 aliphatic rings. The number of aromatic hydroxyl groups is 1. The number of aryl methyl sites for hydroxylation is 2. The monoisotopic (exact) mass is 348 g/mol. The Morgan fingerprint density at radius 1 is 1.17 bits per heavy atom. The van der Waals surface area contributed by atoms with Gasteiger partial charge in [-0.05, 0) is 56.8 Å². The van der Waals surface area contributed by atoms with Crippen LogP contribution in [0, 0.1) is 13.8 Å². The first-order valence-electron chi connectivity index (χ1n) is 7.98. The van der Waals surface area contributed by atoms with Crippen LogP contribution < -0.4 is 0 Å². The maximum Gasteiger partial charge on any atom is 0.230 e. The van der Waals surface area contributed by atoms with Crippen LogP contribution in [0.4, 0.5) is 0 Å². The maximum absolute atomic E-state index is 10.7. The second kappa shape index (κ2) is 5.89. The van der Waals surface area contributed by atoms with Gasteiger partial charge >= 0.3 is 0 Å². The van der Waals surface area contributed by atoms with E-state index in [4.69, 9.17) is 0 Å². The SMILES string of the molecule is Cc1nc2sc([C@@H](c3sccc3C)N3CCCCC3)c(O)n2n1. The summed E-state index contributed by atoms with van der Waals surface area (Å²) in [6.45, 7) is 6.16. The Labute approximate surface area is 143 Å². The van der Waals surface area contributed by atoms with Crippen molar-refractivity contribution >= 4 is 27.6 Å². The van der Waals surface area contributed by atoms with Crippen molar-refractivity contribution in [3.63, 3.8) is 0 Å². The van der Waals surface area contributed by atoms with E-state index in [-0.39, 0.29) is 11.9 Å². The fourth-order valence-electron chi connectivity index (χ4n) is 3.32. The Hall–Kier alpha value is -1.44. The normalized spacial score (nSPS) is 17.8. The van der Waals surface area contributed by atoms with Gasteiger partial charge in [0.05, 0.1) is 10.9 Å². The first-order valence-corrected chi connectivity index (χ1v) is 9.68. The summed E-state index contributed by atoms with van der Waals surface area (Å²) in [7, 11) is 0. The summed E-state index contributed by atoms with van der Waals surface area (Å²) in [5, 5.41) is 17.2. The number of piperidine rings is 1. The molecule has 0 bridgehead atoms. The fraction of sp³-hybridized carbons (Fsp3) is 0.500. The average Bonchev–Trinajstić information content (AvgIpc) is 3.20.